The van der Waals surface area contributed by atoms with Gasteiger partial charge in [0.25, 0.3) is 0 Å². The number of aliphatic hydroxyl groups excluding tert-OH is 2. The first-order valence-corrected chi connectivity index (χ1v) is 8.52. The topological polar surface area (TPSA) is 81.1 Å². The Labute approximate surface area is 132 Å². The summed E-state index contributed by atoms with van der Waals surface area (Å²) in [5.74, 6) is -1.03. The van der Waals surface area contributed by atoms with E-state index in [0.717, 1.165) is 51.4 Å². The van der Waals surface area contributed by atoms with Gasteiger partial charge in [0.1, 0.15) is 0 Å². The summed E-state index contributed by atoms with van der Waals surface area (Å²) in [7, 11) is 0. The molecule has 0 aromatic heterocycles. The SMILES string of the molecule is O=C(C(=O)N1CCCCCC1CO)N1CCCCCC1CO. The van der Waals surface area contributed by atoms with Crippen molar-refractivity contribution >= 4 is 11.8 Å². The van der Waals surface area contributed by atoms with E-state index in [1.165, 1.54) is 0 Å². The minimum Gasteiger partial charge on any atom is -0.394 e. The van der Waals surface area contributed by atoms with Gasteiger partial charge in [-0.05, 0) is 25.7 Å². The van der Waals surface area contributed by atoms with Crippen molar-refractivity contribution in [1.82, 2.24) is 9.80 Å². The van der Waals surface area contributed by atoms with Crippen molar-refractivity contribution in [3.8, 4) is 0 Å². The zero-order valence-electron chi connectivity index (χ0n) is 13.2. The summed E-state index contributed by atoms with van der Waals surface area (Å²) in [5.41, 5.74) is 0. The van der Waals surface area contributed by atoms with Crippen molar-refractivity contribution in [2.24, 2.45) is 0 Å². The van der Waals surface area contributed by atoms with Gasteiger partial charge in [0.05, 0.1) is 25.3 Å². The molecule has 2 saturated heterocycles. The lowest BCUT2D eigenvalue weighted by atomic mass is 10.1. The second-order valence-corrected chi connectivity index (χ2v) is 6.37. The summed E-state index contributed by atoms with van der Waals surface area (Å²) in [6.07, 6.45) is 7.25. The van der Waals surface area contributed by atoms with Crippen LogP contribution in [0.2, 0.25) is 0 Å². The van der Waals surface area contributed by atoms with Crippen molar-refractivity contribution in [2.45, 2.75) is 63.5 Å². The van der Waals surface area contributed by atoms with Gasteiger partial charge in [-0.3, -0.25) is 9.59 Å². The molecule has 6 nitrogen and oxygen atoms in total. The average molecular weight is 312 g/mol. The molecule has 6 heteroatoms. The molecule has 2 N–H and O–H groups in total. The van der Waals surface area contributed by atoms with Gasteiger partial charge in [0, 0.05) is 13.1 Å². The third kappa shape index (κ3) is 3.98. The average Bonchev–Trinajstić information content (AvgIpc) is 2.92. The van der Waals surface area contributed by atoms with Crippen molar-refractivity contribution in [1.29, 1.82) is 0 Å². The molecule has 2 aliphatic rings. The van der Waals surface area contributed by atoms with E-state index in [4.69, 9.17) is 0 Å². The summed E-state index contributed by atoms with van der Waals surface area (Å²) in [6, 6.07) is -0.503. The van der Waals surface area contributed by atoms with Crippen LogP contribution in [0, 0.1) is 0 Å². The van der Waals surface area contributed by atoms with Crippen LogP contribution in [-0.2, 0) is 9.59 Å². The maximum absolute atomic E-state index is 12.6. The van der Waals surface area contributed by atoms with E-state index in [2.05, 4.69) is 0 Å². The Morgan fingerprint density at radius 3 is 1.50 bits per heavy atom. The van der Waals surface area contributed by atoms with Crippen LogP contribution in [0.5, 0.6) is 0 Å². The zero-order valence-corrected chi connectivity index (χ0v) is 13.2. The van der Waals surface area contributed by atoms with Crippen molar-refractivity contribution in [2.75, 3.05) is 26.3 Å². The van der Waals surface area contributed by atoms with E-state index < -0.39 is 11.8 Å². The van der Waals surface area contributed by atoms with E-state index in [-0.39, 0.29) is 25.3 Å². The summed E-state index contributed by atoms with van der Waals surface area (Å²) in [5, 5.41) is 19.0. The lowest BCUT2D eigenvalue weighted by Crippen LogP contribution is -2.53. The number of carbonyl (C=O) groups is 2. The number of carbonyl (C=O) groups excluding carboxylic acids is 2. The maximum Gasteiger partial charge on any atom is 0.312 e. The largest absolute Gasteiger partial charge is 0.394 e. The molecule has 0 spiro atoms. The normalized spacial score (nSPS) is 27.2. The predicted molar refractivity (Wildman–Crippen MR) is 82.1 cm³/mol. The van der Waals surface area contributed by atoms with Crippen LogP contribution in [0.25, 0.3) is 0 Å². The second-order valence-electron chi connectivity index (χ2n) is 6.37. The number of amides is 2. The molecular weight excluding hydrogens is 284 g/mol. The molecule has 22 heavy (non-hydrogen) atoms. The molecule has 2 rings (SSSR count). The Kier molecular flexibility index (Phi) is 6.64. The first-order chi connectivity index (χ1) is 10.7. The van der Waals surface area contributed by atoms with Gasteiger partial charge >= 0.3 is 11.8 Å². The van der Waals surface area contributed by atoms with Gasteiger partial charge in [-0.25, -0.2) is 0 Å². The number of hydrogen-bond acceptors (Lipinski definition) is 4. The third-order valence-corrected chi connectivity index (χ3v) is 4.88. The van der Waals surface area contributed by atoms with Crippen LogP contribution in [0.15, 0.2) is 0 Å². The number of likely N-dealkylation sites (tertiary alicyclic amines) is 2. The standard InChI is InChI=1S/C16H28N2O4/c19-11-13-7-3-1-5-9-17(13)15(21)16(22)18-10-6-2-4-8-14(18)12-20/h13-14,19-20H,1-12H2. The zero-order chi connectivity index (χ0) is 15.9. The number of nitrogens with zero attached hydrogens (tertiary/aromatic N) is 2. The Balaban J connectivity index is 2.09. The molecule has 2 heterocycles. The fraction of sp³-hybridized carbons (Fsp3) is 0.875. The van der Waals surface area contributed by atoms with Crippen molar-refractivity contribution < 1.29 is 19.8 Å². The van der Waals surface area contributed by atoms with Crippen LogP contribution in [0.1, 0.15) is 51.4 Å². The van der Waals surface area contributed by atoms with Gasteiger partial charge in [-0.15, -0.1) is 0 Å². The third-order valence-electron chi connectivity index (χ3n) is 4.88. The van der Waals surface area contributed by atoms with Crippen LogP contribution < -0.4 is 0 Å². The molecule has 0 bridgehead atoms. The minimum atomic E-state index is -0.513. The molecule has 2 atom stereocenters. The van der Waals surface area contributed by atoms with Crippen LogP contribution in [0.3, 0.4) is 0 Å². The Bertz CT molecular complexity index is 352. The van der Waals surface area contributed by atoms with E-state index in [0.29, 0.717) is 13.1 Å². The van der Waals surface area contributed by atoms with Gasteiger partial charge in [0.2, 0.25) is 0 Å². The molecular formula is C16H28N2O4. The van der Waals surface area contributed by atoms with E-state index in [1.807, 2.05) is 0 Å². The fourth-order valence-electron chi connectivity index (χ4n) is 3.51. The Hall–Kier alpha value is -1.14. The Morgan fingerprint density at radius 1 is 0.727 bits per heavy atom. The van der Waals surface area contributed by atoms with Crippen LogP contribution in [0.4, 0.5) is 0 Å². The predicted octanol–water partition coefficient (Wildman–Crippen LogP) is 0.513. The summed E-state index contributed by atoms with van der Waals surface area (Å²) in [4.78, 5) is 28.4. The van der Waals surface area contributed by atoms with Crippen LogP contribution in [-0.4, -0.2) is 70.2 Å². The van der Waals surface area contributed by atoms with E-state index in [1.54, 1.807) is 9.80 Å². The smallest absolute Gasteiger partial charge is 0.312 e. The van der Waals surface area contributed by atoms with Crippen LogP contribution >= 0.6 is 0 Å². The molecule has 0 aromatic carbocycles. The second kappa shape index (κ2) is 8.48. The van der Waals surface area contributed by atoms with Gasteiger partial charge in [0.15, 0.2) is 0 Å². The number of hydrogen-bond donors (Lipinski definition) is 2. The number of rotatable bonds is 2. The maximum atomic E-state index is 12.6. The molecule has 0 aromatic rings. The molecule has 0 radical (unpaired) electrons. The fourth-order valence-corrected chi connectivity index (χ4v) is 3.51. The van der Waals surface area contributed by atoms with Gasteiger partial charge in [-0.2, -0.15) is 0 Å². The van der Waals surface area contributed by atoms with Gasteiger partial charge < -0.3 is 20.0 Å². The molecule has 0 aliphatic carbocycles. The molecule has 0 saturated carbocycles. The van der Waals surface area contributed by atoms with E-state index in [9.17, 15) is 19.8 Å². The first kappa shape index (κ1) is 17.2. The van der Waals surface area contributed by atoms with Crippen molar-refractivity contribution in [3.05, 3.63) is 0 Å². The van der Waals surface area contributed by atoms with E-state index >= 15 is 0 Å². The highest BCUT2D eigenvalue weighted by Gasteiger charge is 2.35. The highest BCUT2D eigenvalue weighted by Crippen LogP contribution is 2.20. The van der Waals surface area contributed by atoms with Gasteiger partial charge in [-0.1, -0.05) is 25.7 Å². The Morgan fingerprint density at radius 2 is 1.14 bits per heavy atom. The molecule has 2 unspecified atom stereocenters. The molecule has 2 fully saturated rings. The summed E-state index contributed by atoms with van der Waals surface area (Å²) < 4.78 is 0. The first-order valence-electron chi connectivity index (χ1n) is 8.52. The highest BCUT2D eigenvalue weighted by atomic mass is 16.3. The highest BCUT2D eigenvalue weighted by molar-refractivity contribution is 6.35. The minimum absolute atomic E-state index is 0.0948. The molecule has 2 aliphatic heterocycles. The molecule has 126 valence electrons. The summed E-state index contributed by atoms with van der Waals surface area (Å²) >= 11 is 0. The lowest BCUT2D eigenvalue weighted by Gasteiger charge is -2.33. The van der Waals surface area contributed by atoms with Crippen molar-refractivity contribution in [3.63, 3.8) is 0 Å². The number of aliphatic hydroxyl groups is 2. The monoisotopic (exact) mass is 312 g/mol. The molecule has 2 amide bonds. The summed E-state index contributed by atoms with van der Waals surface area (Å²) in [6.45, 7) is 0.881. The lowest BCUT2D eigenvalue weighted by molar-refractivity contribution is -0.155. The quantitative estimate of drug-likeness (QED) is 0.728.